The van der Waals surface area contributed by atoms with E-state index >= 15 is 0 Å². The van der Waals surface area contributed by atoms with Crippen LogP contribution in [0.3, 0.4) is 0 Å². The Hall–Kier alpha value is -2.44. The molecule has 0 amide bonds. The van der Waals surface area contributed by atoms with Gasteiger partial charge in [0, 0.05) is 14.1 Å². The number of esters is 1. The smallest absolute Gasteiger partial charge is 0.342 e. The van der Waals surface area contributed by atoms with E-state index in [-0.39, 0.29) is 22.8 Å². The first-order valence-corrected chi connectivity index (χ1v) is 10.7. The van der Waals surface area contributed by atoms with Gasteiger partial charge in [-0.2, -0.15) is 13.5 Å². The van der Waals surface area contributed by atoms with Gasteiger partial charge in [0.15, 0.2) is 5.03 Å². The van der Waals surface area contributed by atoms with Gasteiger partial charge in [0.1, 0.15) is 5.56 Å². The number of aryl methyl sites for hydroxylation is 1. The molecule has 2 aromatic rings. The van der Waals surface area contributed by atoms with Crippen LogP contribution in [0.2, 0.25) is 0 Å². The van der Waals surface area contributed by atoms with Gasteiger partial charge in [-0.05, 0) is 31.5 Å². The highest BCUT2D eigenvalue weighted by molar-refractivity contribution is 7.92. The molecule has 148 valence electrons. The van der Waals surface area contributed by atoms with Crippen LogP contribution in [0.25, 0.3) is 0 Å². The molecule has 27 heavy (non-hydrogen) atoms. The van der Waals surface area contributed by atoms with Crippen molar-refractivity contribution >= 4 is 31.7 Å². The molecule has 0 aliphatic rings. The average molecular weight is 416 g/mol. The molecule has 2 N–H and O–H groups in total. The molecule has 12 heteroatoms. The van der Waals surface area contributed by atoms with Gasteiger partial charge >= 0.3 is 5.97 Å². The molecule has 0 unspecified atom stereocenters. The summed E-state index contributed by atoms with van der Waals surface area (Å²) in [5.74, 6) is -0.841. The van der Waals surface area contributed by atoms with Gasteiger partial charge in [-0.1, -0.05) is 6.07 Å². The van der Waals surface area contributed by atoms with Crippen molar-refractivity contribution in [3.05, 3.63) is 35.5 Å². The Morgan fingerprint density at radius 3 is 2.52 bits per heavy atom. The van der Waals surface area contributed by atoms with Gasteiger partial charge in [-0.25, -0.2) is 17.5 Å². The highest BCUT2D eigenvalue weighted by Crippen LogP contribution is 2.24. The average Bonchev–Trinajstić information content (AvgIpc) is 3.07. The number of carbonyl (C=O) groups is 1. The molecule has 0 bridgehead atoms. The zero-order chi connectivity index (χ0) is 20.4. The molecule has 0 aliphatic heterocycles. The van der Waals surface area contributed by atoms with Crippen LogP contribution in [0.4, 0.5) is 5.69 Å². The van der Waals surface area contributed by atoms with Crippen LogP contribution in [0.5, 0.6) is 0 Å². The van der Waals surface area contributed by atoms with Crippen molar-refractivity contribution < 1.29 is 26.4 Å². The fourth-order valence-corrected chi connectivity index (χ4v) is 4.46. The van der Waals surface area contributed by atoms with Gasteiger partial charge in [0.25, 0.3) is 10.0 Å². The molecule has 0 spiro atoms. The number of nitrogens with one attached hydrogen (secondary N) is 2. The van der Waals surface area contributed by atoms with E-state index < -0.39 is 31.0 Å². The number of hydrogen-bond donors (Lipinski definition) is 2. The summed E-state index contributed by atoms with van der Waals surface area (Å²) in [6.45, 7) is 3.26. The highest BCUT2D eigenvalue weighted by atomic mass is 32.2. The second-order valence-corrected chi connectivity index (χ2v) is 9.45. The number of H-pyrrole nitrogens is 1. The topological polar surface area (TPSA) is 139 Å². The minimum atomic E-state index is -4.24. The Labute approximate surface area is 157 Å². The van der Waals surface area contributed by atoms with Gasteiger partial charge in [0.05, 0.1) is 23.4 Å². The standard InChI is InChI=1S/C15H20N4O6S2/c1-5-25-15(20)12-9-16-17-14(12)26(21,22)18-11-7-6-10(2)13(8-11)27(23,24)19(3)4/h6-9,18H,5H2,1-4H3,(H,16,17). The number of aromatic amines is 1. The van der Waals surface area contributed by atoms with Crippen LogP contribution in [0.1, 0.15) is 22.8 Å². The van der Waals surface area contributed by atoms with E-state index in [0.717, 1.165) is 10.5 Å². The van der Waals surface area contributed by atoms with Crippen LogP contribution in [-0.4, -0.2) is 58.0 Å². The largest absolute Gasteiger partial charge is 0.462 e. The molecular weight excluding hydrogens is 396 g/mol. The zero-order valence-corrected chi connectivity index (χ0v) is 16.8. The molecule has 0 atom stereocenters. The number of nitrogens with zero attached hydrogens (tertiary/aromatic N) is 2. The molecule has 2 rings (SSSR count). The minimum Gasteiger partial charge on any atom is -0.462 e. The summed E-state index contributed by atoms with van der Waals surface area (Å²) in [6.07, 6.45) is 1.05. The summed E-state index contributed by atoms with van der Waals surface area (Å²) in [7, 11) is -5.25. The van der Waals surface area contributed by atoms with Gasteiger partial charge < -0.3 is 4.74 Å². The number of rotatable bonds is 7. The summed E-state index contributed by atoms with van der Waals surface area (Å²) in [4.78, 5) is 11.8. The predicted octanol–water partition coefficient (Wildman–Crippen LogP) is 0.946. The Balaban J connectivity index is 2.43. The number of anilines is 1. The zero-order valence-electron chi connectivity index (χ0n) is 15.2. The van der Waals surface area contributed by atoms with E-state index in [2.05, 4.69) is 14.9 Å². The normalized spacial score (nSPS) is 12.2. The van der Waals surface area contributed by atoms with Crippen molar-refractivity contribution in [2.24, 2.45) is 0 Å². The predicted molar refractivity (Wildman–Crippen MR) is 97.4 cm³/mol. The van der Waals surface area contributed by atoms with E-state index in [9.17, 15) is 21.6 Å². The first-order chi connectivity index (χ1) is 12.5. The minimum absolute atomic E-state index is 0.0189. The van der Waals surface area contributed by atoms with E-state index in [1.165, 1.54) is 32.3 Å². The molecule has 0 aliphatic carbocycles. The Morgan fingerprint density at radius 1 is 1.26 bits per heavy atom. The van der Waals surface area contributed by atoms with Crippen LogP contribution in [-0.2, 0) is 24.8 Å². The maximum Gasteiger partial charge on any atom is 0.342 e. The third-order valence-electron chi connectivity index (χ3n) is 3.57. The van der Waals surface area contributed by atoms with Crippen molar-refractivity contribution in [2.45, 2.75) is 23.8 Å². The molecule has 0 saturated heterocycles. The maximum absolute atomic E-state index is 12.6. The van der Waals surface area contributed by atoms with Crippen molar-refractivity contribution in [1.82, 2.24) is 14.5 Å². The first-order valence-electron chi connectivity index (χ1n) is 7.77. The monoisotopic (exact) mass is 416 g/mol. The van der Waals surface area contributed by atoms with E-state index in [1.807, 2.05) is 0 Å². The fourth-order valence-electron chi connectivity index (χ4n) is 2.18. The molecule has 10 nitrogen and oxygen atoms in total. The van der Waals surface area contributed by atoms with Crippen molar-refractivity contribution in [1.29, 1.82) is 0 Å². The molecular formula is C15H20N4O6S2. The Kier molecular flexibility index (Phi) is 5.92. The van der Waals surface area contributed by atoms with Gasteiger partial charge in [0.2, 0.25) is 10.0 Å². The Bertz CT molecular complexity index is 1060. The van der Waals surface area contributed by atoms with E-state index in [4.69, 9.17) is 4.74 Å². The van der Waals surface area contributed by atoms with Crippen LogP contribution in [0.15, 0.2) is 34.3 Å². The first kappa shape index (κ1) is 20.9. The van der Waals surface area contributed by atoms with Gasteiger partial charge in [-0.3, -0.25) is 9.82 Å². The SMILES string of the molecule is CCOC(=O)c1cn[nH]c1S(=O)(=O)Nc1ccc(C)c(S(=O)(=O)N(C)C)c1. The molecule has 1 aromatic carbocycles. The molecule has 0 fully saturated rings. The summed E-state index contributed by atoms with van der Waals surface area (Å²) in [5, 5.41) is 5.36. The van der Waals surface area contributed by atoms with Crippen LogP contribution < -0.4 is 4.72 Å². The molecule has 0 radical (unpaired) electrons. The number of carbonyl (C=O) groups excluding carboxylic acids is 1. The number of benzene rings is 1. The third kappa shape index (κ3) is 4.28. The number of ether oxygens (including phenoxy) is 1. The Morgan fingerprint density at radius 2 is 1.93 bits per heavy atom. The summed E-state index contributed by atoms with van der Waals surface area (Å²) < 4.78 is 58.1. The summed E-state index contributed by atoms with van der Waals surface area (Å²) >= 11 is 0. The van der Waals surface area contributed by atoms with E-state index in [1.54, 1.807) is 13.8 Å². The molecule has 1 aromatic heterocycles. The highest BCUT2D eigenvalue weighted by Gasteiger charge is 2.27. The third-order valence-corrected chi connectivity index (χ3v) is 6.88. The summed E-state index contributed by atoms with van der Waals surface area (Å²) in [5.41, 5.74) is 0.225. The van der Waals surface area contributed by atoms with Crippen molar-refractivity contribution in [2.75, 3.05) is 25.4 Å². The molecule has 1 heterocycles. The second-order valence-electron chi connectivity index (χ2n) is 5.71. The van der Waals surface area contributed by atoms with Gasteiger partial charge in [-0.15, -0.1) is 0 Å². The van der Waals surface area contributed by atoms with Crippen LogP contribution in [0, 0.1) is 6.92 Å². The van der Waals surface area contributed by atoms with Crippen molar-refractivity contribution in [3.63, 3.8) is 0 Å². The van der Waals surface area contributed by atoms with Crippen LogP contribution >= 0.6 is 0 Å². The molecule has 0 saturated carbocycles. The lowest BCUT2D eigenvalue weighted by Crippen LogP contribution is -2.23. The lowest BCUT2D eigenvalue weighted by Gasteiger charge is -2.15. The quantitative estimate of drug-likeness (QED) is 0.641. The number of sulfonamides is 2. The second kappa shape index (κ2) is 7.66. The number of hydrogen-bond acceptors (Lipinski definition) is 7. The van der Waals surface area contributed by atoms with E-state index in [0.29, 0.717) is 5.56 Å². The lowest BCUT2D eigenvalue weighted by molar-refractivity contribution is 0.0522. The van der Waals surface area contributed by atoms with Crippen molar-refractivity contribution in [3.8, 4) is 0 Å². The number of aromatic nitrogens is 2. The summed E-state index contributed by atoms with van der Waals surface area (Å²) in [6, 6.07) is 4.11. The fraction of sp³-hybridized carbons (Fsp3) is 0.333. The maximum atomic E-state index is 12.6. The lowest BCUT2D eigenvalue weighted by atomic mass is 10.2.